The largest absolute Gasteiger partial charge is 0.384 e. The second-order valence-electron chi connectivity index (χ2n) is 10.8. The molecule has 0 amide bonds. The molecule has 0 bridgehead atoms. The molecular formula is C32H25Cl3N6O6S2. The van der Waals surface area contributed by atoms with Crippen molar-refractivity contribution in [1.29, 1.82) is 0 Å². The van der Waals surface area contributed by atoms with Crippen molar-refractivity contribution in [1.82, 2.24) is 20.4 Å². The zero-order valence-corrected chi connectivity index (χ0v) is 29.1. The summed E-state index contributed by atoms with van der Waals surface area (Å²) in [4.78, 5) is 23.1. The number of anilines is 2. The van der Waals surface area contributed by atoms with Crippen LogP contribution in [0.1, 0.15) is 11.1 Å². The third-order valence-corrected chi connectivity index (χ3v) is 11.6. The minimum Gasteiger partial charge on any atom is -0.384 e. The van der Waals surface area contributed by atoms with Crippen LogP contribution in [0.3, 0.4) is 0 Å². The van der Waals surface area contributed by atoms with E-state index in [9.17, 15) is 26.4 Å². The van der Waals surface area contributed by atoms with Crippen LogP contribution in [0.15, 0.2) is 105 Å². The number of nitrogens with zero attached hydrogens (tertiary/aromatic N) is 3. The molecule has 0 saturated carbocycles. The highest BCUT2D eigenvalue weighted by Gasteiger charge is 2.32. The zero-order chi connectivity index (χ0) is 34.9. The molecule has 49 heavy (non-hydrogen) atoms. The van der Waals surface area contributed by atoms with Crippen LogP contribution in [0.25, 0.3) is 21.5 Å². The predicted octanol–water partition coefficient (Wildman–Crippen LogP) is 5.49. The molecule has 6 aromatic rings. The van der Waals surface area contributed by atoms with Gasteiger partial charge in [0.05, 0.1) is 38.6 Å². The van der Waals surface area contributed by atoms with Gasteiger partial charge in [-0.2, -0.15) is 10.2 Å². The Balaban J connectivity index is 0.000000141. The smallest absolute Gasteiger partial charge is 0.272 e. The number of H-pyrrole nitrogens is 2. The Hall–Kier alpha value is -4.47. The molecule has 17 heteroatoms. The van der Waals surface area contributed by atoms with Crippen LogP contribution in [0.2, 0.25) is 10.0 Å². The van der Waals surface area contributed by atoms with Crippen LogP contribution in [0.5, 0.6) is 0 Å². The number of rotatable bonds is 3. The Morgan fingerprint density at radius 2 is 1.24 bits per heavy atom. The number of aromatic nitrogens is 4. The Kier molecular flexibility index (Phi) is 9.69. The maximum atomic E-state index is 13.2. The molecule has 0 spiro atoms. The average Bonchev–Trinajstić information content (AvgIpc) is 3.72. The number of aromatic amines is 2. The van der Waals surface area contributed by atoms with Gasteiger partial charge in [0.15, 0.2) is 0 Å². The van der Waals surface area contributed by atoms with Gasteiger partial charge in [-0.25, -0.2) is 27.0 Å². The van der Waals surface area contributed by atoms with E-state index in [1.807, 2.05) is 18.2 Å². The minimum absolute atomic E-state index is 0.0615. The third-order valence-electron chi connectivity index (χ3n) is 7.85. The fourth-order valence-corrected chi connectivity index (χ4v) is 8.67. The van der Waals surface area contributed by atoms with Crippen LogP contribution in [-0.2, 0) is 31.9 Å². The van der Waals surface area contributed by atoms with E-state index in [1.54, 1.807) is 24.3 Å². The summed E-state index contributed by atoms with van der Waals surface area (Å²) in [5.74, 6) is 0. The molecule has 4 heterocycles. The quantitative estimate of drug-likeness (QED) is 0.197. The van der Waals surface area contributed by atoms with Crippen LogP contribution in [0, 0.1) is 0 Å². The predicted molar refractivity (Wildman–Crippen MR) is 191 cm³/mol. The van der Waals surface area contributed by atoms with E-state index < -0.39 is 30.2 Å². The lowest BCUT2D eigenvalue weighted by molar-refractivity contribution is 0.593. The van der Waals surface area contributed by atoms with Gasteiger partial charge < -0.3 is 5.32 Å². The van der Waals surface area contributed by atoms with Gasteiger partial charge in [-0.15, -0.1) is 0 Å². The van der Waals surface area contributed by atoms with Crippen molar-refractivity contribution in [3.05, 3.63) is 127 Å². The third kappa shape index (κ3) is 7.14. The standard InChI is InChI=1S/C16H12ClN3O3S.C8H5ClN2O3S.C8H8ClN/c17-11-5-4-10-6-7-20(14(10)8-11)24(22,23)15-3-1-2-12-13(15)9-18-19-16(12)21;9-15(13,14)7-3-1-2-5-6(7)4-10-11-8(5)12;9-7-2-1-6-3-4-10-8(6)5-7/h1-5,8-9H,6-7H2,(H,19,21);1-4H,(H,11,12);1-2,5,10H,3-4H2. The number of hydrogen-bond donors (Lipinski definition) is 3. The topological polar surface area (TPSA) is 175 Å². The lowest BCUT2D eigenvalue weighted by atomic mass is 10.2. The van der Waals surface area contributed by atoms with Gasteiger partial charge in [-0.3, -0.25) is 13.9 Å². The fourth-order valence-electron chi connectivity index (χ4n) is 5.57. The molecule has 2 aliphatic rings. The first-order valence-corrected chi connectivity index (χ1v) is 19.1. The molecule has 2 aliphatic heterocycles. The van der Waals surface area contributed by atoms with Crippen LogP contribution in [0.4, 0.5) is 11.4 Å². The number of fused-ring (bicyclic) bond motifs is 4. The van der Waals surface area contributed by atoms with E-state index in [1.165, 1.54) is 52.2 Å². The summed E-state index contributed by atoms with van der Waals surface area (Å²) in [5.41, 5.74) is 3.22. The maximum Gasteiger partial charge on any atom is 0.272 e. The number of benzene rings is 4. The fraction of sp³-hybridized carbons (Fsp3) is 0.125. The molecule has 4 aromatic carbocycles. The second-order valence-corrected chi connectivity index (χ2v) is 16.1. The first-order chi connectivity index (χ1) is 23.3. The van der Waals surface area contributed by atoms with E-state index in [0.29, 0.717) is 29.1 Å². The maximum absolute atomic E-state index is 13.2. The van der Waals surface area contributed by atoms with Crippen molar-refractivity contribution in [2.24, 2.45) is 0 Å². The molecule has 0 atom stereocenters. The molecule has 2 aromatic heterocycles. The summed E-state index contributed by atoms with van der Waals surface area (Å²) in [7, 11) is -2.47. The van der Waals surface area contributed by atoms with Crippen molar-refractivity contribution in [3.8, 4) is 0 Å². The number of nitrogens with one attached hydrogen (secondary N) is 3. The molecule has 12 nitrogen and oxygen atoms in total. The van der Waals surface area contributed by atoms with Gasteiger partial charge in [-0.1, -0.05) is 47.5 Å². The highest BCUT2D eigenvalue weighted by atomic mass is 35.7. The van der Waals surface area contributed by atoms with Crippen LogP contribution >= 0.6 is 33.9 Å². The van der Waals surface area contributed by atoms with Gasteiger partial charge in [-0.05, 0) is 72.5 Å². The molecule has 8 rings (SSSR count). The SMILES string of the molecule is Clc1ccc2c(c1)NCC2.O=c1[nH]ncc2c(S(=O)(=O)Cl)cccc12.O=c1[nH]ncc2c(S(=O)(=O)N3CCc4ccc(Cl)cc43)cccc12. The summed E-state index contributed by atoms with van der Waals surface area (Å²) < 4.78 is 50.1. The molecule has 0 saturated heterocycles. The van der Waals surface area contributed by atoms with E-state index >= 15 is 0 Å². The number of halogens is 3. The molecular weight excluding hydrogens is 735 g/mol. The lowest BCUT2D eigenvalue weighted by Gasteiger charge is -2.20. The zero-order valence-electron chi connectivity index (χ0n) is 25.2. The Bertz CT molecular complexity index is 2580. The van der Waals surface area contributed by atoms with Gasteiger partial charge >= 0.3 is 0 Å². The summed E-state index contributed by atoms with van der Waals surface area (Å²) >= 11 is 11.8. The molecule has 0 aliphatic carbocycles. The highest BCUT2D eigenvalue weighted by Crippen LogP contribution is 2.36. The highest BCUT2D eigenvalue weighted by molar-refractivity contribution is 8.14. The van der Waals surface area contributed by atoms with E-state index in [4.69, 9.17) is 33.9 Å². The molecule has 252 valence electrons. The van der Waals surface area contributed by atoms with Crippen LogP contribution < -0.4 is 20.7 Å². The van der Waals surface area contributed by atoms with Crippen LogP contribution in [-0.4, -0.2) is 50.3 Å². The van der Waals surface area contributed by atoms with Gasteiger partial charge in [0, 0.05) is 50.3 Å². The number of hydrogen-bond acceptors (Lipinski definition) is 9. The van der Waals surface area contributed by atoms with Gasteiger partial charge in [0.2, 0.25) is 0 Å². The second kappa shape index (κ2) is 13.8. The first-order valence-electron chi connectivity index (χ1n) is 14.6. The Labute approximate surface area is 294 Å². The van der Waals surface area contributed by atoms with Gasteiger partial charge in [0.1, 0.15) is 0 Å². The first kappa shape index (κ1) is 34.4. The monoisotopic (exact) mass is 758 g/mol. The van der Waals surface area contributed by atoms with E-state index in [-0.39, 0.29) is 25.9 Å². The van der Waals surface area contributed by atoms with Gasteiger partial charge in [0.25, 0.3) is 30.2 Å². The molecule has 0 radical (unpaired) electrons. The summed E-state index contributed by atoms with van der Waals surface area (Å²) in [6.45, 7) is 1.39. The lowest BCUT2D eigenvalue weighted by Crippen LogP contribution is -2.29. The Morgan fingerprint density at radius 3 is 1.88 bits per heavy atom. The van der Waals surface area contributed by atoms with E-state index in [2.05, 4.69) is 31.8 Å². The summed E-state index contributed by atoms with van der Waals surface area (Å²) in [6, 6.07) is 20.1. The minimum atomic E-state index is -3.87. The van der Waals surface area contributed by atoms with Crippen molar-refractivity contribution in [2.45, 2.75) is 22.6 Å². The molecule has 3 N–H and O–H groups in total. The number of sulfonamides is 1. The van der Waals surface area contributed by atoms with Crippen molar-refractivity contribution in [2.75, 3.05) is 22.7 Å². The average molecular weight is 760 g/mol. The van der Waals surface area contributed by atoms with Crippen molar-refractivity contribution >= 4 is 85.9 Å². The Morgan fingerprint density at radius 1 is 0.673 bits per heavy atom. The summed E-state index contributed by atoms with van der Waals surface area (Å²) in [6.07, 6.45) is 4.37. The molecule has 0 unspecified atom stereocenters. The molecule has 0 fully saturated rings. The summed E-state index contributed by atoms with van der Waals surface area (Å²) in [5, 5.41) is 17.4. The van der Waals surface area contributed by atoms with E-state index in [0.717, 1.165) is 23.6 Å². The van der Waals surface area contributed by atoms with Crippen molar-refractivity contribution < 1.29 is 16.8 Å². The normalized spacial score (nSPS) is 13.5. The van der Waals surface area contributed by atoms with Crippen molar-refractivity contribution in [3.63, 3.8) is 0 Å².